The van der Waals surface area contributed by atoms with Gasteiger partial charge in [-0.15, -0.1) is 0 Å². The minimum Gasteiger partial charge on any atom is -0.507 e. The van der Waals surface area contributed by atoms with Crippen LogP contribution in [0.5, 0.6) is 5.75 Å². The lowest BCUT2D eigenvalue weighted by molar-refractivity contribution is -0.181. The molecule has 3 aliphatic carbocycles. The van der Waals surface area contributed by atoms with Crippen molar-refractivity contribution in [2.24, 2.45) is 36.5 Å². The zero-order valence-corrected chi connectivity index (χ0v) is 20.3. The van der Waals surface area contributed by atoms with Gasteiger partial charge in [0.25, 0.3) is 0 Å². The molecule has 1 heterocycles. The van der Waals surface area contributed by atoms with Crippen molar-refractivity contribution in [1.82, 2.24) is 14.5 Å². The second kappa shape index (κ2) is 8.12. The van der Waals surface area contributed by atoms with Gasteiger partial charge >= 0.3 is 0 Å². The van der Waals surface area contributed by atoms with Gasteiger partial charge in [-0.25, -0.2) is 9.37 Å². The lowest BCUT2D eigenvalue weighted by atomic mass is 9.52. The van der Waals surface area contributed by atoms with E-state index in [2.05, 4.69) is 4.98 Å². The highest BCUT2D eigenvalue weighted by Gasteiger charge is 2.69. The Bertz CT molecular complexity index is 1420. The number of primary amides is 1. The van der Waals surface area contributed by atoms with Gasteiger partial charge < -0.3 is 20.5 Å². The SMILES string of the molecule is CN(C)C1C(=O)C(C(N)=O)C(=O)C2(O)C(=O)C3C(=O)c4c(O)cc(-c5nccn5C)c(F)c4CC3CC12. The number of nitrogens with zero attached hydrogens (tertiary/aromatic N) is 3. The lowest BCUT2D eigenvalue weighted by Gasteiger charge is -2.52. The number of rotatable bonds is 3. The van der Waals surface area contributed by atoms with Gasteiger partial charge in [-0.2, -0.15) is 0 Å². The van der Waals surface area contributed by atoms with Crippen LogP contribution in [0.2, 0.25) is 0 Å². The summed E-state index contributed by atoms with van der Waals surface area (Å²) in [7, 11) is 4.62. The summed E-state index contributed by atoms with van der Waals surface area (Å²) in [6, 6.07) is -0.173. The van der Waals surface area contributed by atoms with E-state index in [0.717, 1.165) is 6.07 Å². The Balaban J connectivity index is 1.66. The molecule has 6 atom stereocenters. The predicted molar refractivity (Wildman–Crippen MR) is 124 cm³/mol. The number of carbonyl (C=O) groups excluding carboxylic acids is 5. The van der Waals surface area contributed by atoms with Gasteiger partial charge in [-0.1, -0.05) is 0 Å². The summed E-state index contributed by atoms with van der Waals surface area (Å²) in [6.07, 6.45) is 2.72. The minimum atomic E-state index is -2.82. The number of nitrogens with two attached hydrogens (primary N) is 1. The number of likely N-dealkylation sites (N-methyl/N-ethyl adjacent to an activating group) is 1. The number of benzene rings is 1. The van der Waals surface area contributed by atoms with Crippen molar-refractivity contribution >= 4 is 29.0 Å². The first kappa shape index (κ1) is 24.9. The molecule has 194 valence electrons. The second-order valence-electron chi connectivity index (χ2n) is 10.3. The van der Waals surface area contributed by atoms with Gasteiger partial charge in [0.05, 0.1) is 23.1 Å². The third-order valence-corrected chi connectivity index (χ3v) is 8.06. The van der Waals surface area contributed by atoms with Crippen LogP contribution in [0.1, 0.15) is 22.3 Å². The molecule has 0 saturated heterocycles. The molecule has 2 fully saturated rings. The molecule has 2 aromatic rings. The van der Waals surface area contributed by atoms with Gasteiger partial charge in [0.2, 0.25) is 5.91 Å². The molecule has 0 aliphatic heterocycles. The van der Waals surface area contributed by atoms with E-state index in [0.29, 0.717) is 0 Å². The van der Waals surface area contributed by atoms with E-state index in [9.17, 15) is 34.2 Å². The maximum absolute atomic E-state index is 15.8. The fraction of sp³-hybridized carbons (Fsp3) is 0.440. The van der Waals surface area contributed by atoms with Crippen molar-refractivity contribution in [3.05, 3.63) is 35.4 Å². The van der Waals surface area contributed by atoms with Crippen molar-refractivity contribution in [3.8, 4) is 17.1 Å². The molecule has 1 aromatic heterocycles. The van der Waals surface area contributed by atoms with E-state index in [-0.39, 0.29) is 29.8 Å². The molecule has 3 aliphatic rings. The maximum Gasteiger partial charge on any atom is 0.235 e. The summed E-state index contributed by atoms with van der Waals surface area (Å²) in [5, 5.41) is 22.3. The number of halogens is 1. The molecule has 4 N–H and O–H groups in total. The number of carbonyl (C=O) groups is 5. The summed E-state index contributed by atoms with van der Waals surface area (Å²) in [6.45, 7) is 0. The molecule has 6 unspecified atom stereocenters. The first-order chi connectivity index (χ1) is 17.3. The number of fused-ring (bicyclic) bond motifs is 3. The average molecular weight is 512 g/mol. The summed E-state index contributed by atoms with van der Waals surface area (Å²) in [5.74, 6) is -12.5. The fourth-order valence-electron chi connectivity index (χ4n) is 6.44. The van der Waals surface area contributed by atoms with Crippen LogP contribution in [-0.2, 0) is 32.6 Å². The lowest BCUT2D eigenvalue weighted by Crippen LogP contribution is -2.74. The Morgan fingerprint density at radius 1 is 1.24 bits per heavy atom. The summed E-state index contributed by atoms with van der Waals surface area (Å²) in [5.41, 5.74) is 1.93. The Morgan fingerprint density at radius 3 is 2.49 bits per heavy atom. The van der Waals surface area contributed by atoms with Crippen molar-refractivity contribution in [2.75, 3.05) is 14.1 Å². The van der Waals surface area contributed by atoms with Crippen LogP contribution in [0, 0.1) is 29.5 Å². The number of aromatic nitrogens is 2. The van der Waals surface area contributed by atoms with Crippen molar-refractivity contribution in [1.29, 1.82) is 0 Å². The first-order valence-electron chi connectivity index (χ1n) is 11.7. The minimum absolute atomic E-state index is 0.0351. The number of hydrogen-bond acceptors (Lipinski definition) is 9. The highest BCUT2D eigenvalue weighted by atomic mass is 19.1. The number of hydrogen-bond donors (Lipinski definition) is 3. The molecular weight excluding hydrogens is 487 g/mol. The van der Waals surface area contributed by atoms with Gasteiger partial charge in [-0.3, -0.25) is 28.9 Å². The zero-order valence-electron chi connectivity index (χ0n) is 20.3. The topological polar surface area (TPSA) is 173 Å². The molecule has 5 rings (SSSR count). The highest BCUT2D eigenvalue weighted by molar-refractivity contribution is 6.32. The molecule has 1 amide bonds. The number of ketones is 4. The summed E-state index contributed by atoms with van der Waals surface area (Å²) < 4.78 is 17.3. The highest BCUT2D eigenvalue weighted by Crippen LogP contribution is 2.51. The van der Waals surface area contributed by atoms with E-state index in [4.69, 9.17) is 5.73 Å². The third kappa shape index (κ3) is 3.18. The average Bonchev–Trinajstić information content (AvgIpc) is 3.23. The van der Waals surface area contributed by atoms with Gasteiger partial charge in [0.1, 0.15) is 17.4 Å². The molecule has 2 saturated carbocycles. The van der Waals surface area contributed by atoms with Gasteiger partial charge in [0.15, 0.2) is 34.7 Å². The van der Waals surface area contributed by atoms with Crippen LogP contribution in [0.3, 0.4) is 0 Å². The Hall–Kier alpha value is -3.77. The number of aliphatic hydroxyl groups is 1. The molecule has 11 nitrogen and oxygen atoms in total. The number of phenolic OH excluding ortho intramolecular Hbond substituents is 1. The Morgan fingerprint density at radius 2 is 1.92 bits per heavy atom. The molecule has 0 radical (unpaired) electrons. The number of phenols is 1. The Labute approximate surface area is 210 Å². The van der Waals surface area contributed by atoms with Crippen LogP contribution in [0.15, 0.2) is 18.5 Å². The number of imidazole rings is 1. The molecular formula is C25H25FN4O7. The number of aryl methyl sites for hydroxylation is 1. The quantitative estimate of drug-likeness (QED) is 0.454. The van der Waals surface area contributed by atoms with E-state index in [1.807, 2.05) is 0 Å². The fourth-order valence-corrected chi connectivity index (χ4v) is 6.44. The molecule has 12 heteroatoms. The van der Waals surface area contributed by atoms with Crippen LogP contribution in [-0.4, -0.2) is 79.4 Å². The van der Waals surface area contributed by atoms with Crippen molar-refractivity contribution in [3.63, 3.8) is 0 Å². The monoisotopic (exact) mass is 512 g/mol. The summed E-state index contributed by atoms with van der Waals surface area (Å²) >= 11 is 0. The van der Waals surface area contributed by atoms with Gasteiger partial charge in [0, 0.05) is 30.9 Å². The molecule has 0 bridgehead atoms. The smallest absolute Gasteiger partial charge is 0.235 e. The number of amides is 1. The predicted octanol–water partition coefficient (Wildman–Crippen LogP) is -0.593. The van der Waals surface area contributed by atoms with E-state index in [1.165, 1.54) is 29.8 Å². The molecule has 37 heavy (non-hydrogen) atoms. The number of Topliss-reactive ketones (excluding diaryl/α,β-unsaturated/α-hetero) is 4. The zero-order chi connectivity index (χ0) is 27.1. The molecule has 0 spiro atoms. The number of aromatic hydroxyl groups is 1. The Kier molecular flexibility index (Phi) is 5.46. The van der Waals surface area contributed by atoms with E-state index >= 15 is 4.39 Å². The van der Waals surface area contributed by atoms with Crippen molar-refractivity contribution in [2.45, 2.75) is 24.5 Å². The van der Waals surface area contributed by atoms with Crippen LogP contribution < -0.4 is 5.73 Å². The van der Waals surface area contributed by atoms with Crippen LogP contribution in [0.25, 0.3) is 11.4 Å². The largest absolute Gasteiger partial charge is 0.507 e. The summed E-state index contributed by atoms with van der Waals surface area (Å²) in [4.78, 5) is 71.1. The van der Waals surface area contributed by atoms with E-state index < -0.39 is 81.5 Å². The third-order valence-electron chi connectivity index (χ3n) is 8.06. The first-order valence-corrected chi connectivity index (χ1v) is 11.7. The normalized spacial score (nSPS) is 31.2. The van der Waals surface area contributed by atoms with Gasteiger partial charge in [-0.05, 0) is 38.9 Å². The van der Waals surface area contributed by atoms with Crippen LogP contribution in [0.4, 0.5) is 4.39 Å². The van der Waals surface area contributed by atoms with Crippen molar-refractivity contribution < 1.29 is 38.6 Å². The van der Waals surface area contributed by atoms with E-state index in [1.54, 1.807) is 13.2 Å². The maximum atomic E-state index is 15.8. The standard InChI is InChI=1S/C25H25FN4O7/c1-29(2)18-12-7-9-6-10-15(13(31)8-11(17(10)26)24-28-4-5-30(24)3)19(32)14(9)21(34)25(12,37)22(35)16(20(18)33)23(27)36/h4-5,8-9,12,14,16,18,31,37H,6-7H2,1-3H3,(H2,27,36). The van der Waals surface area contributed by atoms with Crippen LogP contribution >= 0.6 is 0 Å². The second-order valence-corrected chi connectivity index (χ2v) is 10.3. The molecule has 1 aromatic carbocycles.